The van der Waals surface area contributed by atoms with Gasteiger partial charge in [0.25, 0.3) is 0 Å². The highest BCUT2D eigenvalue weighted by atomic mass is 17.3. The molecule has 1 aliphatic carbocycles. The minimum atomic E-state index is -0.924. The van der Waals surface area contributed by atoms with Crippen LogP contribution in [0.25, 0.3) is 0 Å². The van der Waals surface area contributed by atoms with Gasteiger partial charge in [-0.1, -0.05) is 49.3 Å². The van der Waals surface area contributed by atoms with Crippen molar-refractivity contribution in [3.05, 3.63) is 35.9 Å². The maximum Gasteiger partial charge on any atom is 0.335 e. The second-order valence-electron chi connectivity index (χ2n) is 13.0. The molecule has 5 heterocycles. The van der Waals surface area contributed by atoms with E-state index in [4.69, 9.17) is 44.0 Å². The molecule has 0 amide bonds. The molecular formula is C32H44N2O10. The fraction of sp³-hybridized carbons (Fsp3) is 0.719. The Morgan fingerprint density at radius 3 is 2.59 bits per heavy atom. The first-order valence-electron chi connectivity index (χ1n) is 15.9. The molecule has 1 saturated carbocycles. The third kappa shape index (κ3) is 6.25. The van der Waals surface area contributed by atoms with E-state index in [-0.39, 0.29) is 36.4 Å². The third-order valence-electron chi connectivity index (χ3n) is 9.93. The van der Waals surface area contributed by atoms with Crippen LogP contribution in [0.2, 0.25) is 0 Å². The molecule has 6 aliphatic rings. The van der Waals surface area contributed by atoms with E-state index in [1.807, 2.05) is 44.2 Å². The summed E-state index contributed by atoms with van der Waals surface area (Å²) in [6.07, 6.45) is 2.97. The van der Waals surface area contributed by atoms with Crippen LogP contribution in [0, 0.1) is 23.7 Å². The van der Waals surface area contributed by atoms with Crippen molar-refractivity contribution >= 4 is 17.8 Å². The van der Waals surface area contributed by atoms with Gasteiger partial charge in [0, 0.05) is 24.9 Å². The van der Waals surface area contributed by atoms with Crippen molar-refractivity contribution in [3.8, 4) is 0 Å². The molecule has 0 unspecified atom stereocenters. The number of carbonyl (C=O) groups excluding carboxylic acids is 2. The Morgan fingerprint density at radius 2 is 1.82 bits per heavy atom. The number of oxime groups is 1. The van der Waals surface area contributed by atoms with Gasteiger partial charge in [0.05, 0.1) is 12.8 Å². The Kier molecular flexibility index (Phi) is 9.28. The van der Waals surface area contributed by atoms with Crippen LogP contribution in [0.5, 0.6) is 0 Å². The van der Waals surface area contributed by atoms with Crippen LogP contribution in [-0.2, 0) is 47.9 Å². The molecule has 12 nitrogen and oxygen atoms in total. The molecule has 7 rings (SSSR count). The fourth-order valence-corrected chi connectivity index (χ4v) is 7.51. The Labute approximate surface area is 257 Å². The number of fused-ring (bicyclic) bond motifs is 2. The number of nitrogens with two attached hydrogens (primary N) is 1. The maximum absolute atomic E-state index is 12.9. The van der Waals surface area contributed by atoms with Gasteiger partial charge in [-0.15, -0.1) is 0 Å². The molecule has 6 fully saturated rings. The minimum absolute atomic E-state index is 0.0176. The van der Waals surface area contributed by atoms with Crippen LogP contribution in [0.3, 0.4) is 0 Å². The molecule has 12 heteroatoms. The van der Waals surface area contributed by atoms with Gasteiger partial charge in [-0.3, -0.25) is 4.79 Å². The molecule has 44 heavy (non-hydrogen) atoms. The Hall–Kier alpha value is -2.61. The van der Waals surface area contributed by atoms with Crippen molar-refractivity contribution in [1.82, 2.24) is 0 Å². The first-order valence-corrected chi connectivity index (χ1v) is 15.9. The summed E-state index contributed by atoms with van der Waals surface area (Å²) in [4.78, 5) is 42.5. The monoisotopic (exact) mass is 616 g/mol. The lowest BCUT2D eigenvalue weighted by atomic mass is 9.58. The molecule has 1 spiro atoms. The lowest BCUT2D eigenvalue weighted by molar-refractivity contribution is -0.576. The number of rotatable bonds is 9. The number of esters is 1. The van der Waals surface area contributed by atoms with E-state index >= 15 is 0 Å². The van der Waals surface area contributed by atoms with Crippen molar-refractivity contribution in [3.63, 3.8) is 0 Å². The largest absolute Gasteiger partial charge is 0.435 e. The Balaban J connectivity index is 1.04. The number of nitrogens with zero attached hydrogens (tertiary/aromatic N) is 1. The van der Waals surface area contributed by atoms with Gasteiger partial charge < -0.3 is 34.3 Å². The van der Waals surface area contributed by atoms with E-state index in [1.54, 1.807) is 0 Å². The van der Waals surface area contributed by atoms with Gasteiger partial charge in [0.2, 0.25) is 12.1 Å². The average Bonchev–Trinajstić information content (AvgIpc) is 3.26. The van der Waals surface area contributed by atoms with Crippen LogP contribution < -0.4 is 5.73 Å². The van der Waals surface area contributed by atoms with E-state index in [0.29, 0.717) is 18.9 Å². The zero-order valence-corrected chi connectivity index (χ0v) is 25.7. The van der Waals surface area contributed by atoms with Gasteiger partial charge >= 0.3 is 11.9 Å². The Morgan fingerprint density at radius 1 is 1.02 bits per heavy atom. The topological polar surface area (TPSA) is 146 Å². The molecule has 2 N–H and O–H groups in total. The van der Waals surface area contributed by atoms with Crippen LogP contribution in [0.15, 0.2) is 35.5 Å². The van der Waals surface area contributed by atoms with Gasteiger partial charge in [0.1, 0.15) is 6.10 Å². The van der Waals surface area contributed by atoms with Crippen molar-refractivity contribution in [2.45, 2.75) is 115 Å². The number of ether oxygens (including phenoxy) is 5. The van der Waals surface area contributed by atoms with Crippen LogP contribution in [-0.4, -0.2) is 54.6 Å². The minimum Gasteiger partial charge on any atom is -0.435 e. The lowest BCUT2D eigenvalue weighted by Gasteiger charge is -2.59. The normalized spacial score (nSPS) is 39.1. The Bertz CT molecular complexity index is 1210. The summed E-state index contributed by atoms with van der Waals surface area (Å²) < 4.78 is 30.2. The number of benzene rings is 1. The van der Waals surface area contributed by atoms with E-state index < -0.39 is 48.3 Å². The molecule has 10 atom stereocenters. The lowest BCUT2D eigenvalue weighted by Crippen LogP contribution is -2.70. The van der Waals surface area contributed by atoms with Gasteiger partial charge in [0.15, 0.2) is 24.0 Å². The zero-order chi connectivity index (χ0) is 30.9. The molecule has 5 saturated heterocycles. The molecule has 0 radical (unpaired) electrons. The number of amidine groups is 1. The summed E-state index contributed by atoms with van der Waals surface area (Å²) in [6, 6.07) is 9.29. The van der Waals surface area contributed by atoms with Crippen LogP contribution in [0.4, 0.5) is 0 Å². The van der Waals surface area contributed by atoms with Crippen LogP contribution in [0.1, 0.15) is 90.2 Å². The quantitative estimate of drug-likeness (QED) is 0.104. The summed E-state index contributed by atoms with van der Waals surface area (Å²) in [5.41, 5.74) is 6.22. The summed E-state index contributed by atoms with van der Waals surface area (Å²) in [5, 5.41) is 3.84. The van der Waals surface area contributed by atoms with Gasteiger partial charge in [-0.2, -0.15) is 0 Å². The highest BCUT2D eigenvalue weighted by molar-refractivity contribution is 5.86. The average molecular weight is 617 g/mol. The predicted molar refractivity (Wildman–Crippen MR) is 154 cm³/mol. The number of hydrogen-bond acceptors (Lipinski definition) is 11. The smallest absolute Gasteiger partial charge is 0.335 e. The van der Waals surface area contributed by atoms with E-state index in [2.05, 4.69) is 12.1 Å². The molecule has 1 aromatic rings. The highest BCUT2D eigenvalue weighted by Gasteiger charge is 2.69. The molecule has 2 bridgehead atoms. The van der Waals surface area contributed by atoms with Gasteiger partial charge in [-0.05, 0) is 62.8 Å². The van der Waals surface area contributed by atoms with Crippen molar-refractivity contribution < 1.29 is 47.9 Å². The van der Waals surface area contributed by atoms with Gasteiger partial charge in [-0.25, -0.2) is 14.6 Å². The third-order valence-corrected chi connectivity index (χ3v) is 9.93. The molecule has 1 aromatic carbocycles. The zero-order valence-electron chi connectivity index (χ0n) is 25.7. The second kappa shape index (κ2) is 13.0. The predicted octanol–water partition coefficient (Wildman–Crippen LogP) is 4.62. The first-order chi connectivity index (χ1) is 21.2. The fourth-order valence-electron chi connectivity index (χ4n) is 7.51. The summed E-state index contributed by atoms with van der Waals surface area (Å²) >= 11 is 0. The highest BCUT2D eigenvalue weighted by Crippen LogP contribution is 2.60. The van der Waals surface area contributed by atoms with E-state index in [9.17, 15) is 9.59 Å². The molecule has 5 aliphatic heterocycles. The van der Waals surface area contributed by atoms with Crippen LogP contribution >= 0.6 is 0 Å². The van der Waals surface area contributed by atoms with Crippen molar-refractivity contribution in [2.24, 2.45) is 34.6 Å². The number of hydrogen-bond donors (Lipinski definition) is 1. The standard InChI is InChI=1S/C32H44N2O10/c1-19-12-13-23-20(2)29(40-30-32(23)22(19)16-17-31(3,41-30)43-44-32)38-24(35)14-15-25(36)42-34-28(33)27(21-9-5-4-6-10-21)39-26-11-7-8-18-37-26/h4-6,9-10,19-20,22-23,26-27,29-30H,7-8,11-18H2,1-3H3,(H2,33,34)/t19-,20-,22+,23-,26+,27-,29-,30-,31-,32-/m1/s1. The molecule has 0 aromatic heterocycles. The maximum atomic E-state index is 12.9. The molecule has 242 valence electrons. The first kappa shape index (κ1) is 31.4. The van der Waals surface area contributed by atoms with E-state index in [0.717, 1.165) is 44.1 Å². The summed E-state index contributed by atoms with van der Waals surface area (Å²) in [6.45, 7) is 6.69. The molecular weight excluding hydrogens is 572 g/mol. The summed E-state index contributed by atoms with van der Waals surface area (Å²) in [7, 11) is 0. The van der Waals surface area contributed by atoms with E-state index in [1.165, 1.54) is 0 Å². The number of carbonyl (C=O) groups is 2. The van der Waals surface area contributed by atoms with Crippen molar-refractivity contribution in [1.29, 1.82) is 0 Å². The SMILES string of the molecule is C[C@H]1[C@H](OC(=O)CCC(=O)O/N=C(/N)[C@H](O[C@H]2CCCCO2)c2ccccc2)O[C@@H]2O[C@@]3(C)CC[C@H]4[C@H](C)CC[C@H]1[C@@]24OO3. The summed E-state index contributed by atoms with van der Waals surface area (Å²) in [5.74, 6) is -1.79. The van der Waals surface area contributed by atoms with Crippen molar-refractivity contribution in [2.75, 3.05) is 6.61 Å². The second-order valence-corrected chi connectivity index (χ2v) is 13.0.